The molecular formula is C28H28N2O5. The molecule has 0 unspecified atom stereocenters. The van der Waals surface area contributed by atoms with E-state index in [-0.39, 0.29) is 19.1 Å². The number of benzene rings is 3. The number of carbonyl (C=O) groups excluding carboxylic acids is 2. The second-order valence-corrected chi connectivity index (χ2v) is 9.10. The minimum Gasteiger partial charge on any atom is -0.480 e. The highest BCUT2D eigenvalue weighted by Crippen LogP contribution is 2.44. The Kier molecular flexibility index (Phi) is 6.60. The highest BCUT2D eigenvalue weighted by molar-refractivity contribution is 5.97. The Labute approximate surface area is 204 Å². The van der Waals surface area contributed by atoms with Crippen LogP contribution in [0.5, 0.6) is 0 Å². The number of nitrogens with zero attached hydrogens (tertiary/aromatic N) is 1. The van der Waals surface area contributed by atoms with Crippen LogP contribution in [-0.2, 0) is 16.1 Å². The first kappa shape index (κ1) is 24.0. The molecule has 0 radical (unpaired) electrons. The van der Waals surface area contributed by atoms with E-state index >= 15 is 0 Å². The second kappa shape index (κ2) is 9.62. The van der Waals surface area contributed by atoms with Crippen LogP contribution in [0.4, 0.5) is 4.79 Å². The van der Waals surface area contributed by atoms with Crippen molar-refractivity contribution in [2.75, 3.05) is 13.7 Å². The van der Waals surface area contributed by atoms with Gasteiger partial charge in [0.25, 0.3) is 5.91 Å². The fourth-order valence-corrected chi connectivity index (χ4v) is 4.18. The number of carbonyl (C=O) groups is 3. The van der Waals surface area contributed by atoms with Crippen LogP contribution >= 0.6 is 0 Å². The zero-order chi connectivity index (χ0) is 25.2. The Bertz CT molecular complexity index is 1220. The van der Waals surface area contributed by atoms with Crippen LogP contribution in [0.3, 0.4) is 0 Å². The molecule has 2 amide bonds. The van der Waals surface area contributed by atoms with Crippen LogP contribution in [0, 0.1) is 0 Å². The molecule has 180 valence electrons. The van der Waals surface area contributed by atoms with Gasteiger partial charge >= 0.3 is 12.1 Å². The molecule has 3 aromatic carbocycles. The summed E-state index contributed by atoms with van der Waals surface area (Å²) in [4.78, 5) is 37.6. The molecule has 0 heterocycles. The van der Waals surface area contributed by atoms with Gasteiger partial charge in [0, 0.05) is 25.1 Å². The van der Waals surface area contributed by atoms with E-state index in [1.807, 2.05) is 24.3 Å². The fourth-order valence-electron chi connectivity index (χ4n) is 4.18. The summed E-state index contributed by atoms with van der Waals surface area (Å²) < 4.78 is 5.55. The Balaban J connectivity index is 1.33. The molecule has 0 atom stereocenters. The van der Waals surface area contributed by atoms with Crippen molar-refractivity contribution in [3.8, 4) is 11.1 Å². The smallest absolute Gasteiger partial charge is 0.407 e. The monoisotopic (exact) mass is 472 g/mol. The van der Waals surface area contributed by atoms with Crippen molar-refractivity contribution >= 4 is 18.0 Å². The number of ether oxygens (including phenoxy) is 1. The molecule has 3 aromatic rings. The quantitative estimate of drug-likeness (QED) is 0.521. The molecule has 2 N–H and O–H groups in total. The number of carboxylic acid groups (broad SMARTS) is 1. The number of alkyl carbamates (subject to hydrolysis) is 1. The summed E-state index contributed by atoms with van der Waals surface area (Å²) in [7, 11) is 1.46. The summed E-state index contributed by atoms with van der Waals surface area (Å²) in [6.45, 7) is 3.42. The van der Waals surface area contributed by atoms with E-state index in [1.165, 1.54) is 36.9 Å². The van der Waals surface area contributed by atoms with Gasteiger partial charge in [0.05, 0.1) is 0 Å². The van der Waals surface area contributed by atoms with E-state index in [1.54, 1.807) is 24.3 Å². The summed E-state index contributed by atoms with van der Waals surface area (Å²) in [5.41, 5.74) is 4.47. The Morgan fingerprint density at radius 1 is 0.914 bits per heavy atom. The fraction of sp³-hybridized carbons (Fsp3) is 0.250. The largest absolute Gasteiger partial charge is 0.480 e. The van der Waals surface area contributed by atoms with E-state index in [2.05, 4.69) is 29.6 Å². The summed E-state index contributed by atoms with van der Waals surface area (Å²) in [6.07, 6.45) is -0.519. The Hall–Kier alpha value is -4.13. The maximum Gasteiger partial charge on any atom is 0.407 e. The summed E-state index contributed by atoms with van der Waals surface area (Å²) in [6, 6.07) is 23.0. The lowest BCUT2D eigenvalue weighted by Gasteiger charge is -2.31. The molecule has 4 rings (SSSR count). The molecule has 0 spiro atoms. The highest BCUT2D eigenvalue weighted by atomic mass is 16.5. The first-order valence-corrected chi connectivity index (χ1v) is 11.4. The minimum absolute atomic E-state index is 0.00881. The van der Waals surface area contributed by atoms with Gasteiger partial charge in [-0.1, -0.05) is 60.7 Å². The molecule has 1 aliphatic carbocycles. The third kappa shape index (κ3) is 4.75. The van der Waals surface area contributed by atoms with E-state index in [9.17, 15) is 19.5 Å². The third-order valence-corrected chi connectivity index (χ3v) is 6.65. The molecule has 0 aliphatic heterocycles. The van der Waals surface area contributed by atoms with Crippen LogP contribution in [0.15, 0.2) is 72.8 Å². The van der Waals surface area contributed by atoms with Crippen molar-refractivity contribution < 1.29 is 24.2 Å². The SMILES string of the molecule is CN(C(=O)c1ccc(CNC(=O)OCC2c3ccccc3-c3ccccc32)cc1)C(C)(C)C(=O)O. The van der Waals surface area contributed by atoms with Crippen molar-refractivity contribution in [2.45, 2.75) is 31.8 Å². The van der Waals surface area contributed by atoms with Gasteiger partial charge in [0.1, 0.15) is 12.1 Å². The minimum atomic E-state index is -1.33. The van der Waals surface area contributed by atoms with Crippen molar-refractivity contribution in [3.63, 3.8) is 0 Å². The van der Waals surface area contributed by atoms with Crippen LogP contribution < -0.4 is 5.32 Å². The third-order valence-electron chi connectivity index (χ3n) is 6.65. The van der Waals surface area contributed by atoms with Crippen molar-refractivity contribution in [1.82, 2.24) is 10.2 Å². The van der Waals surface area contributed by atoms with Crippen LogP contribution in [0.2, 0.25) is 0 Å². The maximum atomic E-state index is 12.6. The number of likely N-dealkylation sites (N-methyl/N-ethyl adjacent to an activating group) is 1. The first-order chi connectivity index (χ1) is 16.7. The van der Waals surface area contributed by atoms with Crippen LogP contribution in [-0.4, -0.2) is 47.2 Å². The van der Waals surface area contributed by atoms with Crippen molar-refractivity contribution in [3.05, 3.63) is 95.1 Å². The molecular weight excluding hydrogens is 444 g/mol. The topological polar surface area (TPSA) is 95.9 Å². The molecule has 0 saturated carbocycles. The van der Waals surface area contributed by atoms with Gasteiger partial charge in [0.15, 0.2) is 0 Å². The van der Waals surface area contributed by atoms with E-state index < -0.39 is 23.5 Å². The first-order valence-electron chi connectivity index (χ1n) is 11.4. The molecule has 7 heteroatoms. The number of fused-ring (bicyclic) bond motifs is 3. The van der Waals surface area contributed by atoms with Crippen LogP contribution in [0.25, 0.3) is 11.1 Å². The Morgan fingerprint density at radius 3 is 2.00 bits per heavy atom. The molecule has 0 fully saturated rings. The molecule has 1 aliphatic rings. The lowest BCUT2D eigenvalue weighted by atomic mass is 9.98. The normalized spacial score (nSPS) is 12.4. The molecule has 7 nitrogen and oxygen atoms in total. The summed E-state index contributed by atoms with van der Waals surface area (Å²) >= 11 is 0. The van der Waals surface area contributed by atoms with E-state index in [0.717, 1.165) is 16.7 Å². The van der Waals surface area contributed by atoms with Gasteiger partial charge in [0.2, 0.25) is 0 Å². The van der Waals surface area contributed by atoms with Gasteiger partial charge < -0.3 is 20.1 Å². The van der Waals surface area contributed by atoms with Gasteiger partial charge in [-0.3, -0.25) is 4.79 Å². The average Bonchev–Trinajstić information content (AvgIpc) is 3.19. The molecule has 0 aromatic heterocycles. The van der Waals surface area contributed by atoms with E-state index in [0.29, 0.717) is 5.56 Å². The van der Waals surface area contributed by atoms with E-state index in [4.69, 9.17) is 4.74 Å². The highest BCUT2D eigenvalue weighted by Gasteiger charge is 2.35. The average molecular weight is 473 g/mol. The zero-order valence-electron chi connectivity index (χ0n) is 19.9. The lowest BCUT2D eigenvalue weighted by molar-refractivity contribution is -0.147. The standard InChI is InChI=1S/C28H28N2O5/c1-28(2,26(32)33)30(3)25(31)19-14-12-18(13-15-19)16-29-27(34)35-17-24-22-10-6-4-8-20(22)21-9-5-7-11-23(21)24/h4-15,24H,16-17H2,1-3H3,(H,29,34)(H,32,33). The molecule has 0 saturated heterocycles. The zero-order valence-corrected chi connectivity index (χ0v) is 19.9. The van der Waals surface area contributed by atoms with Crippen LogP contribution in [0.1, 0.15) is 46.8 Å². The second-order valence-electron chi connectivity index (χ2n) is 9.10. The molecule has 0 bridgehead atoms. The summed E-state index contributed by atoms with van der Waals surface area (Å²) in [5, 5.41) is 12.1. The Morgan fingerprint density at radius 2 is 1.46 bits per heavy atom. The lowest BCUT2D eigenvalue weighted by Crippen LogP contribution is -2.50. The number of hydrogen-bond donors (Lipinski definition) is 2. The number of hydrogen-bond acceptors (Lipinski definition) is 4. The van der Waals surface area contributed by atoms with Gasteiger partial charge in [-0.2, -0.15) is 0 Å². The number of carboxylic acids is 1. The van der Waals surface area contributed by atoms with Crippen molar-refractivity contribution in [2.24, 2.45) is 0 Å². The predicted molar refractivity (Wildman–Crippen MR) is 132 cm³/mol. The molecule has 35 heavy (non-hydrogen) atoms. The summed E-state index contributed by atoms with van der Waals surface area (Å²) in [5.74, 6) is -1.49. The van der Waals surface area contributed by atoms with Gasteiger partial charge in [-0.25, -0.2) is 9.59 Å². The number of nitrogens with one attached hydrogen (secondary N) is 1. The maximum absolute atomic E-state index is 12.6. The van der Waals surface area contributed by atoms with Gasteiger partial charge in [-0.15, -0.1) is 0 Å². The number of aliphatic carboxylic acids is 1. The number of rotatable bonds is 7. The van der Waals surface area contributed by atoms with Crippen molar-refractivity contribution in [1.29, 1.82) is 0 Å². The number of amides is 2. The van der Waals surface area contributed by atoms with Gasteiger partial charge in [-0.05, 0) is 53.8 Å². The predicted octanol–water partition coefficient (Wildman–Crippen LogP) is 4.66.